The van der Waals surface area contributed by atoms with Crippen molar-refractivity contribution in [2.24, 2.45) is 10.4 Å². The highest BCUT2D eigenvalue weighted by Gasteiger charge is 2.37. The van der Waals surface area contributed by atoms with E-state index in [2.05, 4.69) is 25.8 Å². The Hall–Kier alpha value is -2.85. The van der Waals surface area contributed by atoms with Crippen LogP contribution in [-0.4, -0.2) is 52.4 Å². The van der Waals surface area contributed by atoms with Gasteiger partial charge in [-0.05, 0) is 37.6 Å². The number of hydroxylamine groups is 1. The first-order chi connectivity index (χ1) is 15.0. The number of hydrogen-bond donors (Lipinski definition) is 2. The summed E-state index contributed by atoms with van der Waals surface area (Å²) in [5.74, 6) is -1.48. The fraction of sp³-hybridized carbons (Fsp3) is 0.500. The molecule has 32 heavy (non-hydrogen) atoms. The molecule has 1 amide bonds. The summed E-state index contributed by atoms with van der Waals surface area (Å²) >= 11 is 0. The number of carbonyl (C=O) groups is 1. The zero-order valence-electron chi connectivity index (χ0n) is 18.9. The van der Waals surface area contributed by atoms with E-state index in [9.17, 15) is 13.6 Å². The average molecular weight is 447 g/mol. The number of nitrogens with zero attached hydrogens (tertiary/aromatic N) is 4. The van der Waals surface area contributed by atoms with Crippen LogP contribution in [0.25, 0.3) is 11.3 Å². The number of nitrogens with one attached hydrogen (secondary N) is 2. The van der Waals surface area contributed by atoms with Gasteiger partial charge in [0.15, 0.2) is 11.6 Å². The minimum Gasteiger partial charge on any atom is -0.389 e. The van der Waals surface area contributed by atoms with Crippen LogP contribution in [0.3, 0.4) is 0 Å². The first-order valence-electron chi connectivity index (χ1n) is 10.6. The molecule has 0 fully saturated rings. The van der Waals surface area contributed by atoms with Crippen LogP contribution in [0.15, 0.2) is 23.2 Å². The number of aliphatic imine (C=N–C) groups is 1. The van der Waals surface area contributed by atoms with Gasteiger partial charge in [-0.25, -0.2) is 18.6 Å². The van der Waals surface area contributed by atoms with E-state index in [-0.39, 0.29) is 11.6 Å². The van der Waals surface area contributed by atoms with Crippen molar-refractivity contribution >= 4 is 11.9 Å². The summed E-state index contributed by atoms with van der Waals surface area (Å²) in [6.45, 7) is 9.09. The van der Waals surface area contributed by atoms with Gasteiger partial charge in [0.05, 0.1) is 11.4 Å². The zero-order chi connectivity index (χ0) is 23.2. The molecule has 172 valence electrons. The number of likely N-dealkylation sites (N-methyl/N-ethyl adjacent to an activating group) is 1. The molecule has 0 saturated carbocycles. The molecular weight excluding hydrogens is 418 g/mol. The van der Waals surface area contributed by atoms with Gasteiger partial charge in [-0.1, -0.05) is 20.8 Å². The summed E-state index contributed by atoms with van der Waals surface area (Å²) in [6.07, 6.45) is 0.395. The number of rotatable bonds is 3. The smallest absolute Gasteiger partial charge is 0.343 e. The molecule has 0 bridgehead atoms. The van der Waals surface area contributed by atoms with Crippen molar-refractivity contribution in [3.63, 3.8) is 0 Å². The Morgan fingerprint density at radius 3 is 2.69 bits per heavy atom. The molecule has 1 aromatic carbocycles. The third-order valence-electron chi connectivity index (χ3n) is 5.67. The predicted molar refractivity (Wildman–Crippen MR) is 116 cm³/mol. The highest BCUT2D eigenvalue weighted by molar-refractivity contribution is 5.89. The van der Waals surface area contributed by atoms with E-state index in [4.69, 9.17) is 4.84 Å². The molecule has 2 N–H and O–H groups in total. The van der Waals surface area contributed by atoms with E-state index < -0.39 is 23.7 Å². The summed E-state index contributed by atoms with van der Waals surface area (Å²) in [5.41, 5.74) is 4.88. The molecular formula is C22H28F2N6O2. The first kappa shape index (κ1) is 22.3. The molecule has 0 saturated heterocycles. The number of carbonyl (C=O) groups excluding carboxylic acids is 1. The van der Waals surface area contributed by atoms with Crippen molar-refractivity contribution < 1.29 is 18.4 Å². The molecule has 3 heterocycles. The van der Waals surface area contributed by atoms with Gasteiger partial charge in [0, 0.05) is 30.6 Å². The second-order valence-corrected chi connectivity index (χ2v) is 9.41. The van der Waals surface area contributed by atoms with Crippen molar-refractivity contribution in [3.8, 4) is 11.3 Å². The van der Waals surface area contributed by atoms with Crippen LogP contribution in [-0.2, 0) is 17.8 Å². The molecule has 0 spiro atoms. The number of fused-ring (bicyclic) bond motifs is 1. The predicted octanol–water partition coefficient (Wildman–Crippen LogP) is 3.07. The van der Waals surface area contributed by atoms with Crippen LogP contribution < -0.4 is 10.8 Å². The molecule has 0 aliphatic carbocycles. The monoisotopic (exact) mass is 446 g/mol. The normalized spacial score (nSPS) is 19.8. The molecule has 8 nitrogen and oxygen atoms in total. The van der Waals surface area contributed by atoms with Crippen molar-refractivity contribution in [1.82, 2.24) is 25.5 Å². The van der Waals surface area contributed by atoms with Gasteiger partial charge >= 0.3 is 6.03 Å². The highest BCUT2D eigenvalue weighted by atomic mass is 19.2. The van der Waals surface area contributed by atoms with Crippen LogP contribution in [0.1, 0.15) is 39.0 Å². The molecule has 2 aliphatic heterocycles. The van der Waals surface area contributed by atoms with Crippen LogP contribution in [0.5, 0.6) is 0 Å². The first-order valence-corrected chi connectivity index (χ1v) is 10.6. The van der Waals surface area contributed by atoms with Gasteiger partial charge in [0.1, 0.15) is 12.2 Å². The second kappa shape index (κ2) is 8.25. The van der Waals surface area contributed by atoms with Crippen LogP contribution in [0.2, 0.25) is 0 Å². The quantitative estimate of drug-likeness (QED) is 0.757. The van der Waals surface area contributed by atoms with Crippen LogP contribution >= 0.6 is 0 Å². The molecule has 4 rings (SSSR count). The second-order valence-electron chi connectivity index (χ2n) is 9.41. The lowest BCUT2D eigenvalue weighted by atomic mass is 9.86. The topological polar surface area (TPSA) is 83.8 Å². The Bertz CT molecular complexity index is 1080. The summed E-state index contributed by atoms with van der Waals surface area (Å²) in [5, 5.41) is 7.54. The van der Waals surface area contributed by atoms with E-state index in [0.29, 0.717) is 30.1 Å². The molecule has 2 aromatic rings. The van der Waals surface area contributed by atoms with Gasteiger partial charge in [0.2, 0.25) is 5.90 Å². The average Bonchev–Trinajstić information content (AvgIpc) is 3.30. The zero-order valence-corrected chi connectivity index (χ0v) is 18.9. The molecule has 2 aliphatic rings. The number of aromatic nitrogens is 2. The Kier molecular flexibility index (Phi) is 5.76. The maximum absolute atomic E-state index is 13.9. The number of hydrogen-bond acceptors (Lipinski definition) is 6. The van der Waals surface area contributed by atoms with Gasteiger partial charge in [0.25, 0.3) is 0 Å². The number of amides is 1. The third kappa shape index (κ3) is 4.24. The lowest BCUT2D eigenvalue weighted by Gasteiger charge is -2.30. The van der Waals surface area contributed by atoms with Crippen molar-refractivity contribution in [1.29, 1.82) is 0 Å². The summed E-state index contributed by atoms with van der Waals surface area (Å²) in [7, 11) is 1.97. The van der Waals surface area contributed by atoms with Crippen LogP contribution in [0.4, 0.5) is 13.6 Å². The lowest BCUT2D eigenvalue weighted by molar-refractivity contribution is 0.162. The molecule has 2 atom stereocenters. The van der Waals surface area contributed by atoms with E-state index in [0.717, 1.165) is 29.9 Å². The van der Waals surface area contributed by atoms with Crippen molar-refractivity contribution in [2.75, 3.05) is 13.6 Å². The highest BCUT2D eigenvalue weighted by Crippen LogP contribution is 2.31. The third-order valence-corrected chi connectivity index (χ3v) is 5.67. The van der Waals surface area contributed by atoms with E-state index in [1.54, 1.807) is 0 Å². The Labute approximate surface area is 185 Å². The maximum Gasteiger partial charge on any atom is 0.343 e. The molecule has 1 aromatic heterocycles. The SMILES string of the molecule is CC1N=C([C@@H](NC(=O)n2nc(-c3ccc(F)c(F)c3)c3c2CCN(C)C3)C(C)(C)C)ON1. The summed E-state index contributed by atoms with van der Waals surface area (Å²) in [6, 6.07) is 2.74. The minimum atomic E-state index is -0.953. The van der Waals surface area contributed by atoms with Crippen LogP contribution in [0, 0.1) is 17.0 Å². The summed E-state index contributed by atoms with van der Waals surface area (Å²) < 4.78 is 28.7. The fourth-order valence-corrected chi connectivity index (χ4v) is 3.95. The van der Waals surface area contributed by atoms with Crippen molar-refractivity contribution in [2.45, 2.75) is 52.9 Å². The molecule has 1 unspecified atom stereocenters. The van der Waals surface area contributed by atoms with Gasteiger partial charge in [-0.2, -0.15) is 9.78 Å². The Morgan fingerprint density at radius 2 is 2.06 bits per heavy atom. The van der Waals surface area contributed by atoms with E-state index >= 15 is 0 Å². The Balaban J connectivity index is 1.72. The fourth-order valence-electron chi connectivity index (χ4n) is 3.95. The van der Waals surface area contributed by atoms with Gasteiger partial charge in [-0.15, -0.1) is 5.48 Å². The lowest BCUT2D eigenvalue weighted by Crippen LogP contribution is -2.51. The van der Waals surface area contributed by atoms with E-state index in [1.807, 2.05) is 34.7 Å². The number of halogens is 2. The molecule has 10 heteroatoms. The summed E-state index contributed by atoms with van der Waals surface area (Å²) in [4.78, 5) is 25.4. The Morgan fingerprint density at radius 1 is 1.31 bits per heavy atom. The van der Waals surface area contributed by atoms with E-state index in [1.165, 1.54) is 10.7 Å². The maximum atomic E-state index is 13.9. The minimum absolute atomic E-state index is 0.209. The van der Waals surface area contributed by atoms with Crippen molar-refractivity contribution in [3.05, 3.63) is 41.1 Å². The largest absolute Gasteiger partial charge is 0.389 e. The van der Waals surface area contributed by atoms with Gasteiger partial charge < -0.3 is 15.1 Å². The molecule has 0 radical (unpaired) electrons. The number of benzene rings is 1. The standard InChI is InChI=1S/C22H28F2N6O2/c1-12-25-20(32-28-12)19(22(2,3)4)26-21(31)30-17-8-9-29(5)11-14(17)18(27-30)13-6-7-15(23)16(24)10-13/h6-7,10,12,19,28H,8-9,11H2,1-5H3,(H,26,31)/t12?,19-/m1/s1. The van der Waals surface area contributed by atoms with Gasteiger partial charge in [-0.3, -0.25) is 0 Å².